The molecule has 0 aromatic heterocycles. The van der Waals surface area contributed by atoms with Crippen LogP contribution >= 0.6 is 0 Å². The standard InChI is InChI=1S/C20H20Si/c1-21(2,19-11-15-7-3-4-8-16(15)12-19)20-13-17-9-5-6-10-18(17)14-20/h3-13,15H,14H2,1-2H3. The van der Waals surface area contributed by atoms with E-state index in [9.17, 15) is 0 Å². The first-order valence-electron chi connectivity index (χ1n) is 7.72. The zero-order valence-electron chi connectivity index (χ0n) is 12.6. The van der Waals surface area contributed by atoms with Crippen LogP contribution < -0.4 is 0 Å². The first-order chi connectivity index (χ1) is 10.1. The summed E-state index contributed by atoms with van der Waals surface area (Å²) in [7, 11) is -1.55. The average molecular weight is 288 g/mol. The van der Waals surface area contributed by atoms with E-state index in [0.717, 1.165) is 6.42 Å². The van der Waals surface area contributed by atoms with Crippen LogP contribution in [-0.4, -0.2) is 8.07 Å². The fraction of sp³-hybridized carbons (Fsp3) is 0.200. The molecule has 3 aliphatic rings. The Balaban J connectivity index is 1.69. The summed E-state index contributed by atoms with van der Waals surface area (Å²) in [6, 6.07) is 8.83. The van der Waals surface area contributed by atoms with Gasteiger partial charge in [0, 0.05) is 5.92 Å². The lowest BCUT2D eigenvalue weighted by Gasteiger charge is -2.25. The Kier molecular flexibility index (Phi) is 2.80. The SMILES string of the molecule is C[Si](C)(C1=CC2C=CC=CC2=C1)C1=Cc2ccccc2C1. The molecule has 0 nitrogen and oxygen atoms in total. The van der Waals surface area contributed by atoms with Crippen molar-refractivity contribution in [3.05, 3.63) is 87.8 Å². The maximum atomic E-state index is 2.50. The van der Waals surface area contributed by atoms with Gasteiger partial charge in [0.1, 0.15) is 8.07 Å². The molecule has 3 aliphatic carbocycles. The smallest absolute Gasteiger partial charge is 0.0736 e. The van der Waals surface area contributed by atoms with Gasteiger partial charge in [-0.25, -0.2) is 0 Å². The molecule has 0 N–H and O–H groups in total. The molecule has 0 amide bonds. The molecule has 0 heterocycles. The van der Waals surface area contributed by atoms with Crippen molar-refractivity contribution in [2.45, 2.75) is 19.5 Å². The second-order valence-electron chi connectivity index (χ2n) is 6.71. The van der Waals surface area contributed by atoms with Gasteiger partial charge in [-0.3, -0.25) is 0 Å². The minimum atomic E-state index is -1.55. The van der Waals surface area contributed by atoms with E-state index in [-0.39, 0.29) is 0 Å². The van der Waals surface area contributed by atoms with Crippen molar-refractivity contribution in [2.24, 2.45) is 5.92 Å². The van der Waals surface area contributed by atoms with Gasteiger partial charge >= 0.3 is 0 Å². The highest BCUT2D eigenvalue weighted by atomic mass is 28.3. The van der Waals surface area contributed by atoms with Gasteiger partial charge in [-0.2, -0.15) is 0 Å². The zero-order chi connectivity index (χ0) is 14.4. The highest BCUT2D eigenvalue weighted by molar-refractivity contribution is 6.92. The second-order valence-corrected chi connectivity index (χ2v) is 11.2. The van der Waals surface area contributed by atoms with Gasteiger partial charge in [0.2, 0.25) is 0 Å². The minimum Gasteiger partial charge on any atom is -0.0736 e. The van der Waals surface area contributed by atoms with Gasteiger partial charge in [-0.15, -0.1) is 0 Å². The highest BCUT2D eigenvalue weighted by Crippen LogP contribution is 2.39. The van der Waals surface area contributed by atoms with E-state index in [1.54, 1.807) is 10.4 Å². The molecule has 0 bridgehead atoms. The zero-order valence-corrected chi connectivity index (χ0v) is 13.6. The second kappa shape index (κ2) is 4.57. The summed E-state index contributed by atoms with van der Waals surface area (Å²) in [4.78, 5) is 0. The van der Waals surface area contributed by atoms with E-state index in [2.05, 4.69) is 79.9 Å². The summed E-state index contributed by atoms with van der Waals surface area (Å²) < 4.78 is 0. The van der Waals surface area contributed by atoms with Gasteiger partial charge in [0.05, 0.1) is 0 Å². The molecule has 104 valence electrons. The van der Waals surface area contributed by atoms with Crippen LogP contribution in [0.3, 0.4) is 0 Å². The summed E-state index contributed by atoms with van der Waals surface area (Å²) in [5.74, 6) is 0.515. The lowest BCUT2D eigenvalue weighted by molar-refractivity contribution is 1.02. The van der Waals surface area contributed by atoms with Gasteiger partial charge in [-0.05, 0) is 23.1 Å². The average Bonchev–Trinajstić information content (AvgIpc) is 3.11. The lowest BCUT2D eigenvalue weighted by atomic mass is 9.99. The van der Waals surface area contributed by atoms with Crippen LogP contribution in [0.15, 0.2) is 76.7 Å². The molecule has 0 spiro atoms. The molecular weight excluding hydrogens is 268 g/mol. The number of fused-ring (bicyclic) bond motifs is 2. The van der Waals surface area contributed by atoms with Crippen LogP contribution in [0.1, 0.15) is 11.1 Å². The fourth-order valence-corrected chi connectivity index (χ4v) is 6.19. The molecule has 0 saturated heterocycles. The molecule has 4 rings (SSSR count). The monoisotopic (exact) mass is 288 g/mol. The molecule has 0 saturated carbocycles. The Labute approximate surface area is 127 Å². The van der Waals surface area contributed by atoms with Crippen molar-refractivity contribution in [3.8, 4) is 0 Å². The molecule has 0 aliphatic heterocycles. The van der Waals surface area contributed by atoms with Gasteiger partial charge in [0.25, 0.3) is 0 Å². The van der Waals surface area contributed by atoms with Crippen LogP contribution in [-0.2, 0) is 6.42 Å². The number of hydrogen-bond acceptors (Lipinski definition) is 0. The molecule has 21 heavy (non-hydrogen) atoms. The van der Waals surface area contributed by atoms with Crippen LogP contribution in [0.5, 0.6) is 0 Å². The van der Waals surface area contributed by atoms with Crippen molar-refractivity contribution in [1.82, 2.24) is 0 Å². The quantitative estimate of drug-likeness (QED) is 0.670. The molecule has 0 radical (unpaired) electrons. The van der Waals surface area contributed by atoms with Crippen LogP contribution in [0, 0.1) is 5.92 Å². The Hall–Kier alpha value is -1.86. The van der Waals surface area contributed by atoms with E-state index >= 15 is 0 Å². The third kappa shape index (κ3) is 2.04. The summed E-state index contributed by atoms with van der Waals surface area (Å²) >= 11 is 0. The number of allylic oxidation sites excluding steroid dienone is 9. The lowest BCUT2D eigenvalue weighted by Crippen LogP contribution is -2.31. The van der Waals surface area contributed by atoms with Crippen LogP contribution in [0.4, 0.5) is 0 Å². The number of benzene rings is 1. The number of rotatable bonds is 2. The van der Waals surface area contributed by atoms with Crippen LogP contribution in [0.2, 0.25) is 13.1 Å². The molecule has 1 unspecified atom stereocenters. The van der Waals surface area contributed by atoms with Crippen LogP contribution in [0.25, 0.3) is 6.08 Å². The van der Waals surface area contributed by atoms with E-state index in [0.29, 0.717) is 5.92 Å². The summed E-state index contributed by atoms with van der Waals surface area (Å²) in [6.45, 7) is 5.00. The summed E-state index contributed by atoms with van der Waals surface area (Å²) in [5, 5.41) is 3.26. The Morgan fingerprint density at radius 1 is 1.05 bits per heavy atom. The topological polar surface area (TPSA) is 0 Å². The molecule has 1 aromatic rings. The van der Waals surface area contributed by atoms with Gasteiger partial charge < -0.3 is 0 Å². The maximum absolute atomic E-state index is 2.50. The fourth-order valence-electron chi connectivity index (χ4n) is 3.55. The summed E-state index contributed by atoms with van der Waals surface area (Å²) in [5.41, 5.74) is 4.39. The first kappa shape index (κ1) is 12.8. The van der Waals surface area contributed by atoms with E-state index in [4.69, 9.17) is 0 Å². The molecule has 1 aromatic carbocycles. The van der Waals surface area contributed by atoms with Gasteiger partial charge in [-0.1, -0.05) is 90.3 Å². The van der Waals surface area contributed by atoms with Crippen molar-refractivity contribution in [1.29, 1.82) is 0 Å². The predicted octanol–water partition coefficient (Wildman–Crippen LogP) is 5.02. The van der Waals surface area contributed by atoms with E-state index < -0.39 is 8.07 Å². The molecule has 1 heteroatoms. The van der Waals surface area contributed by atoms with Crippen molar-refractivity contribution >= 4 is 14.1 Å². The summed E-state index contributed by atoms with van der Waals surface area (Å²) in [6.07, 6.45) is 17.4. The number of hydrogen-bond donors (Lipinski definition) is 0. The largest absolute Gasteiger partial charge is 0.107 e. The molecule has 0 fully saturated rings. The first-order valence-corrected chi connectivity index (χ1v) is 10.7. The van der Waals surface area contributed by atoms with Crippen molar-refractivity contribution < 1.29 is 0 Å². The third-order valence-electron chi connectivity index (χ3n) is 5.07. The Morgan fingerprint density at radius 3 is 2.71 bits per heavy atom. The predicted molar refractivity (Wildman–Crippen MR) is 93.5 cm³/mol. The Bertz CT molecular complexity index is 754. The normalized spacial score (nSPS) is 22.6. The minimum absolute atomic E-state index is 0.515. The molecule has 1 atom stereocenters. The molecular formula is C20H20Si. The van der Waals surface area contributed by atoms with E-state index in [1.807, 2.05) is 0 Å². The highest BCUT2D eigenvalue weighted by Gasteiger charge is 2.34. The van der Waals surface area contributed by atoms with Crippen molar-refractivity contribution in [2.75, 3.05) is 0 Å². The van der Waals surface area contributed by atoms with Crippen molar-refractivity contribution in [3.63, 3.8) is 0 Å². The third-order valence-corrected chi connectivity index (χ3v) is 8.76. The Morgan fingerprint density at radius 2 is 1.90 bits per heavy atom. The van der Waals surface area contributed by atoms with E-state index in [1.165, 1.54) is 16.7 Å². The maximum Gasteiger partial charge on any atom is 0.107 e. The van der Waals surface area contributed by atoms with Gasteiger partial charge in [0.15, 0.2) is 0 Å².